The molecule has 210 valence electrons. The molecule has 0 fully saturated rings. The van der Waals surface area contributed by atoms with Crippen LogP contribution in [0.5, 0.6) is 11.5 Å². The number of hydrogen-bond donors (Lipinski definition) is 8. The van der Waals surface area contributed by atoms with E-state index >= 15 is 0 Å². The third-order valence-electron chi connectivity index (χ3n) is 5.71. The Balaban J connectivity index is 2.20. The van der Waals surface area contributed by atoms with E-state index in [1.54, 1.807) is 12.1 Å². The second kappa shape index (κ2) is 15.1. The molecule has 4 atom stereocenters. The maximum atomic E-state index is 13.2. The maximum absolute atomic E-state index is 13.2. The minimum absolute atomic E-state index is 0.0199. The third kappa shape index (κ3) is 10.4. The van der Waals surface area contributed by atoms with Gasteiger partial charge in [-0.25, -0.2) is 0 Å². The van der Waals surface area contributed by atoms with E-state index in [1.165, 1.54) is 36.4 Å². The molecule has 0 radical (unpaired) electrons. The maximum Gasteiger partial charge on any atom is 0.303 e. The Kier molecular flexibility index (Phi) is 11.9. The predicted octanol–water partition coefficient (Wildman–Crippen LogP) is -1.28. The van der Waals surface area contributed by atoms with Crippen molar-refractivity contribution in [3.8, 4) is 11.5 Å². The first-order valence-electron chi connectivity index (χ1n) is 12.0. The van der Waals surface area contributed by atoms with E-state index in [2.05, 4.69) is 16.0 Å². The second-order valence-electron chi connectivity index (χ2n) is 8.84. The molecule has 13 nitrogen and oxygen atoms in total. The number of aromatic hydroxyl groups is 2. The third-order valence-corrected chi connectivity index (χ3v) is 5.71. The summed E-state index contributed by atoms with van der Waals surface area (Å²) < 4.78 is 0. The van der Waals surface area contributed by atoms with Crippen LogP contribution in [0.1, 0.15) is 24.0 Å². The standard InChI is InChI=1S/C26H32N4O9/c27-20(14-32)24(37)30-22(12-16-3-7-19(34)8-4-16)26(39)29-21(9-10-23(35)36)25(38)28-17(13-31)11-15-1-5-18(33)6-2-15/h1-8,13,17,20-22,32-34H,9-12,14,27H2,(H,28,38)(H,29,39)(H,30,37)(H,35,36)/t17-,20-,21-,22-/m0/s1. The summed E-state index contributed by atoms with van der Waals surface area (Å²) in [7, 11) is 0. The normalized spacial score (nSPS) is 13.8. The number of amides is 3. The minimum atomic E-state index is -1.37. The Morgan fingerprint density at radius 2 is 1.26 bits per heavy atom. The Bertz CT molecular complexity index is 1140. The van der Waals surface area contributed by atoms with Crippen molar-refractivity contribution in [3.63, 3.8) is 0 Å². The van der Waals surface area contributed by atoms with Crippen LogP contribution in [0.15, 0.2) is 48.5 Å². The molecule has 0 heterocycles. The fourth-order valence-electron chi connectivity index (χ4n) is 3.55. The summed E-state index contributed by atoms with van der Waals surface area (Å²) in [5, 5.41) is 44.5. The molecule has 2 aromatic carbocycles. The molecular formula is C26H32N4O9. The molecule has 3 amide bonds. The number of nitrogens with two attached hydrogens (primary N) is 1. The zero-order valence-electron chi connectivity index (χ0n) is 20.9. The van der Waals surface area contributed by atoms with Crippen LogP contribution >= 0.6 is 0 Å². The summed E-state index contributed by atoms with van der Waals surface area (Å²) in [4.78, 5) is 61.3. The lowest BCUT2D eigenvalue weighted by atomic mass is 10.0. The molecule has 0 aliphatic carbocycles. The smallest absolute Gasteiger partial charge is 0.303 e. The Morgan fingerprint density at radius 3 is 1.74 bits per heavy atom. The van der Waals surface area contributed by atoms with Gasteiger partial charge in [-0.3, -0.25) is 19.2 Å². The average Bonchev–Trinajstić information content (AvgIpc) is 2.91. The van der Waals surface area contributed by atoms with Crippen molar-refractivity contribution in [2.45, 2.75) is 49.9 Å². The van der Waals surface area contributed by atoms with Crippen molar-refractivity contribution >= 4 is 30.0 Å². The molecule has 0 unspecified atom stereocenters. The molecule has 13 heteroatoms. The van der Waals surface area contributed by atoms with Crippen LogP contribution in [0.25, 0.3) is 0 Å². The van der Waals surface area contributed by atoms with Gasteiger partial charge in [-0.15, -0.1) is 0 Å². The number of aliphatic hydroxyl groups is 1. The zero-order chi connectivity index (χ0) is 28.9. The zero-order valence-corrected chi connectivity index (χ0v) is 20.9. The lowest BCUT2D eigenvalue weighted by molar-refractivity contribution is -0.138. The monoisotopic (exact) mass is 544 g/mol. The number of nitrogens with one attached hydrogen (secondary N) is 3. The molecule has 0 bridgehead atoms. The lowest BCUT2D eigenvalue weighted by Crippen LogP contribution is -2.57. The van der Waals surface area contributed by atoms with Gasteiger partial charge < -0.3 is 46.9 Å². The van der Waals surface area contributed by atoms with Gasteiger partial charge in [0.2, 0.25) is 17.7 Å². The molecule has 2 aromatic rings. The number of phenols is 2. The summed E-state index contributed by atoms with van der Waals surface area (Å²) in [5.74, 6) is -3.71. The highest BCUT2D eigenvalue weighted by atomic mass is 16.4. The van der Waals surface area contributed by atoms with Crippen LogP contribution in [-0.4, -0.2) is 81.2 Å². The van der Waals surface area contributed by atoms with Crippen LogP contribution in [0.2, 0.25) is 0 Å². The van der Waals surface area contributed by atoms with Gasteiger partial charge in [-0.1, -0.05) is 24.3 Å². The van der Waals surface area contributed by atoms with E-state index in [-0.39, 0.29) is 30.8 Å². The molecule has 0 aliphatic heterocycles. The van der Waals surface area contributed by atoms with E-state index in [0.29, 0.717) is 17.4 Å². The number of aliphatic hydroxyl groups excluding tert-OH is 1. The molecule has 0 aromatic heterocycles. The van der Waals surface area contributed by atoms with Gasteiger partial charge in [0.25, 0.3) is 0 Å². The number of phenolic OH excluding ortho intramolecular Hbond substituents is 2. The number of carboxylic acid groups (broad SMARTS) is 1. The van der Waals surface area contributed by atoms with Crippen molar-refractivity contribution in [2.75, 3.05) is 6.61 Å². The summed E-state index contributed by atoms with van der Waals surface area (Å²) in [6, 6.07) is 6.76. The van der Waals surface area contributed by atoms with E-state index in [0.717, 1.165) is 0 Å². The Hall–Kier alpha value is -4.49. The van der Waals surface area contributed by atoms with Crippen molar-refractivity contribution < 1.29 is 44.4 Å². The van der Waals surface area contributed by atoms with Gasteiger partial charge in [0, 0.05) is 12.8 Å². The second-order valence-corrected chi connectivity index (χ2v) is 8.84. The summed E-state index contributed by atoms with van der Waals surface area (Å²) in [5.41, 5.74) is 6.71. The number of aliphatic carboxylic acids is 1. The number of benzene rings is 2. The topological polar surface area (TPSA) is 228 Å². The molecule has 0 saturated heterocycles. The van der Waals surface area contributed by atoms with Crippen molar-refractivity contribution in [1.29, 1.82) is 0 Å². The van der Waals surface area contributed by atoms with Crippen LogP contribution in [-0.2, 0) is 36.8 Å². The lowest BCUT2D eigenvalue weighted by Gasteiger charge is -2.25. The first-order valence-corrected chi connectivity index (χ1v) is 12.0. The van der Waals surface area contributed by atoms with Gasteiger partial charge in [0.1, 0.15) is 35.9 Å². The minimum Gasteiger partial charge on any atom is -0.508 e. The average molecular weight is 545 g/mol. The van der Waals surface area contributed by atoms with Crippen molar-refractivity contribution in [2.24, 2.45) is 5.73 Å². The quantitative estimate of drug-likeness (QED) is 0.124. The molecule has 0 aliphatic rings. The SMILES string of the molecule is N[C@@H](CO)C(=O)N[C@@H](Cc1ccc(O)cc1)C(=O)N[C@@H](CCC(=O)O)C(=O)N[C@H](C=O)Cc1ccc(O)cc1. The summed E-state index contributed by atoms with van der Waals surface area (Å²) >= 11 is 0. The number of carboxylic acids is 1. The fraction of sp³-hybridized carbons (Fsp3) is 0.346. The van der Waals surface area contributed by atoms with Gasteiger partial charge in [0.15, 0.2) is 0 Å². The number of carbonyl (C=O) groups is 5. The number of carbonyl (C=O) groups excluding carboxylic acids is 4. The van der Waals surface area contributed by atoms with Crippen LogP contribution in [0.3, 0.4) is 0 Å². The van der Waals surface area contributed by atoms with E-state index < -0.39 is 60.9 Å². The first-order chi connectivity index (χ1) is 18.5. The number of aldehydes is 1. The molecule has 9 N–H and O–H groups in total. The highest BCUT2D eigenvalue weighted by Crippen LogP contribution is 2.13. The predicted molar refractivity (Wildman–Crippen MR) is 137 cm³/mol. The van der Waals surface area contributed by atoms with E-state index in [9.17, 15) is 39.3 Å². The van der Waals surface area contributed by atoms with Crippen molar-refractivity contribution in [3.05, 3.63) is 59.7 Å². The van der Waals surface area contributed by atoms with Crippen LogP contribution in [0, 0.1) is 0 Å². The highest BCUT2D eigenvalue weighted by Gasteiger charge is 2.29. The van der Waals surface area contributed by atoms with Gasteiger partial charge in [0.05, 0.1) is 12.6 Å². The summed E-state index contributed by atoms with van der Waals surface area (Å²) in [6.07, 6.45) is -0.306. The molecule has 2 rings (SSSR count). The van der Waals surface area contributed by atoms with Gasteiger partial charge >= 0.3 is 5.97 Å². The number of rotatable bonds is 15. The van der Waals surface area contributed by atoms with Crippen LogP contribution in [0.4, 0.5) is 0 Å². The van der Waals surface area contributed by atoms with Crippen molar-refractivity contribution in [1.82, 2.24) is 16.0 Å². The molecule has 39 heavy (non-hydrogen) atoms. The van der Waals surface area contributed by atoms with Gasteiger partial charge in [-0.05, 0) is 48.2 Å². The number of hydrogen-bond acceptors (Lipinski definition) is 9. The highest BCUT2D eigenvalue weighted by molar-refractivity contribution is 5.94. The first kappa shape index (κ1) is 30.7. The molecule has 0 spiro atoms. The molecule has 0 saturated carbocycles. The molecular weight excluding hydrogens is 512 g/mol. The Morgan fingerprint density at radius 1 is 0.769 bits per heavy atom. The van der Waals surface area contributed by atoms with E-state index in [1.807, 2.05) is 0 Å². The Labute approximate surface area is 224 Å². The van der Waals surface area contributed by atoms with Crippen LogP contribution < -0.4 is 21.7 Å². The largest absolute Gasteiger partial charge is 0.508 e. The van der Waals surface area contributed by atoms with E-state index in [4.69, 9.17) is 10.8 Å². The van der Waals surface area contributed by atoms with Gasteiger partial charge in [-0.2, -0.15) is 0 Å². The fourth-order valence-corrected chi connectivity index (χ4v) is 3.55. The summed E-state index contributed by atoms with van der Waals surface area (Å²) in [6.45, 7) is -0.683.